The number of rotatable bonds is 5. The van der Waals surface area contributed by atoms with Gasteiger partial charge in [0.2, 0.25) is 0 Å². The Balaban J connectivity index is 4.26. The first-order valence-corrected chi connectivity index (χ1v) is 4.83. The fourth-order valence-electron chi connectivity index (χ4n) is 0.383. The summed E-state index contributed by atoms with van der Waals surface area (Å²) < 4.78 is 25.3. The topological polar surface area (TPSA) is 116 Å². The van der Waals surface area contributed by atoms with Crippen molar-refractivity contribution in [3.05, 3.63) is 0 Å². The molecule has 0 aliphatic heterocycles. The van der Waals surface area contributed by atoms with E-state index < -0.39 is 28.3 Å². The molecule has 0 radical (unpaired) electrons. The Morgan fingerprint density at radius 2 is 2.00 bits per heavy atom. The lowest BCUT2D eigenvalue weighted by Crippen LogP contribution is -2.48. The molecular weight excluding hydrogens is 200 g/mol. The van der Waals surface area contributed by atoms with Crippen LogP contribution in [0.1, 0.15) is 6.92 Å². The van der Waals surface area contributed by atoms with E-state index in [9.17, 15) is 13.2 Å². The summed E-state index contributed by atoms with van der Waals surface area (Å²) in [4.78, 5) is 10.3. The minimum Gasteiger partial charge on any atom is -0.479 e. The lowest BCUT2D eigenvalue weighted by molar-refractivity contribution is -0.155. The van der Waals surface area contributed by atoms with Crippen LogP contribution in [0, 0.1) is 0 Å². The van der Waals surface area contributed by atoms with E-state index in [1.807, 2.05) is 9.44 Å². The molecule has 0 heterocycles. The Labute approximate surface area is 75.9 Å². The third-order valence-electron chi connectivity index (χ3n) is 1.34. The van der Waals surface area contributed by atoms with Gasteiger partial charge in [0, 0.05) is 7.05 Å². The Bertz CT molecular complexity index is 283. The SMILES string of the molecule is CNS(=O)(=O)NCC(C)(O)C(=O)O. The van der Waals surface area contributed by atoms with E-state index in [0.717, 1.165) is 14.0 Å². The van der Waals surface area contributed by atoms with E-state index in [0.29, 0.717) is 0 Å². The second kappa shape index (κ2) is 4.01. The lowest BCUT2D eigenvalue weighted by atomic mass is 10.1. The number of carbonyl (C=O) groups is 1. The summed E-state index contributed by atoms with van der Waals surface area (Å²) in [6, 6.07) is 0. The maximum Gasteiger partial charge on any atom is 0.336 e. The van der Waals surface area contributed by atoms with Crippen LogP contribution in [0.4, 0.5) is 0 Å². The number of carboxylic acids is 1. The van der Waals surface area contributed by atoms with Crippen molar-refractivity contribution in [3.8, 4) is 0 Å². The average molecular weight is 212 g/mol. The van der Waals surface area contributed by atoms with Gasteiger partial charge in [-0.25, -0.2) is 9.52 Å². The van der Waals surface area contributed by atoms with Gasteiger partial charge in [-0.2, -0.15) is 13.1 Å². The van der Waals surface area contributed by atoms with Crippen molar-refractivity contribution < 1.29 is 23.4 Å². The van der Waals surface area contributed by atoms with Gasteiger partial charge in [0.15, 0.2) is 5.60 Å². The first-order valence-electron chi connectivity index (χ1n) is 3.35. The summed E-state index contributed by atoms with van der Waals surface area (Å²) >= 11 is 0. The van der Waals surface area contributed by atoms with E-state index in [1.54, 1.807) is 0 Å². The molecule has 0 fully saturated rings. The van der Waals surface area contributed by atoms with Crippen molar-refractivity contribution in [1.29, 1.82) is 0 Å². The van der Waals surface area contributed by atoms with Crippen LogP contribution in [0.5, 0.6) is 0 Å². The quantitative estimate of drug-likeness (QED) is 0.415. The van der Waals surface area contributed by atoms with Crippen LogP contribution in [0.15, 0.2) is 0 Å². The zero-order valence-corrected chi connectivity index (χ0v) is 8.05. The Kier molecular flexibility index (Phi) is 3.79. The fraction of sp³-hybridized carbons (Fsp3) is 0.800. The van der Waals surface area contributed by atoms with Crippen molar-refractivity contribution in [2.24, 2.45) is 0 Å². The molecule has 0 saturated carbocycles. The monoisotopic (exact) mass is 212 g/mol. The minimum absolute atomic E-state index is 0.592. The van der Waals surface area contributed by atoms with Gasteiger partial charge < -0.3 is 10.2 Å². The Morgan fingerprint density at radius 1 is 1.54 bits per heavy atom. The molecule has 0 aromatic heterocycles. The van der Waals surface area contributed by atoms with Gasteiger partial charge in [-0.05, 0) is 6.92 Å². The van der Waals surface area contributed by atoms with Gasteiger partial charge in [0.25, 0.3) is 10.2 Å². The minimum atomic E-state index is -3.71. The second-order valence-electron chi connectivity index (χ2n) is 2.61. The average Bonchev–Trinajstić information content (AvgIpc) is 2.01. The molecule has 0 rings (SSSR count). The van der Waals surface area contributed by atoms with Gasteiger partial charge in [-0.1, -0.05) is 0 Å². The van der Waals surface area contributed by atoms with E-state index >= 15 is 0 Å². The molecule has 0 spiro atoms. The van der Waals surface area contributed by atoms with Crippen LogP contribution < -0.4 is 9.44 Å². The van der Waals surface area contributed by atoms with Gasteiger partial charge in [-0.3, -0.25) is 0 Å². The Hall–Kier alpha value is -0.700. The van der Waals surface area contributed by atoms with Crippen molar-refractivity contribution in [3.63, 3.8) is 0 Å². The van der Waals surface area contributed by atoms with Crippen LogP contribution in [0.25, 0.3) is 0 Å². The highest BCUT2D eigenvalue weighted by Crippen LogP contribution is 2.00. The second-order valence-corrected chi connectivity index (χ2v) is 4.31. The molecule has 8 heteroatoms. The van der Waals surface area contributed by atoms with Crippen LogP contribution in [0.3, 0.4) is 0 Å². The molecule has 0 aromatic carbocycles. The van der Waals surface area contributed by atoms with Crippen molar-refractivity contribution in [2.45, 2.75) is 12.5 Å². The third kappa shape index (κ3) is 4.18. The summed E-state index contributed by atoms with van der Waals surface area (Å²) in [6.07, 6.45) is 0. The van der Waals surface area contributed by atoms with Crippen LogP contribution in [-0.2, 0) is 15.0 Å². The van der Waals surface area contributed by atoms with E-state index in [1.165, 1.54) is 0 Å². The first kappa shape index (κ1) is 12.3. The van der Waals surface area contributed by atoms with Crippen LogP contribution in [-0.4, -0.2) is 43.8 Å². The lowest BCUT2D eigenvalue weighted by Gasteiger charge is -2.17. The predicted molar refractivity (Wildman–Crippen MR) is 44.2 cm³/mol. The number of hydrogen-bond acceptors (Lipinski definition) is 4. The maximum atomic E-state index is 10.7. The van der Waals surface area contributed by atoms with E-state index in [4.69, 9.17) is 10.2 Å². The standard InChI is InChI=1S/C5H12N2O5S/c1-5(10,4(8)9)3-7-13(11,12)6-2/h6-7,10H,3H2,1-2H3,(H,8,9). The summed E-state index contributed by atoms with van der Waals surface area (Å²) in [6.45, 7) is 0.402. The van der Waals surface area contributed by atoms with Crippen molar-refractivity contribution in [2.75, 3.05) is 13.6 Å². The highest BCUT2D eigenvalue weighted by Gasteiger charge is 2.30. The molecule has 1 unspecified atom stereocenters. The molecule has 4 N–H and O–H groups in total. The zero-order chi connectivity index (χ0) is 10.7. The van der Waals surface area contributed by atoms with Gasteiger partial charge in [0.05, 0.1) is 6.54 Å². The highest BCUT2D eigenvalue weighted by molar-refractivity contribution is 7.87. The summed E-state index contributed by atoms with van der Waals surface area (Å²) in [5, 5.41) is 17.5. The largest absolute Gasteiger partial charge is 0.479 e. The van der Waals surface area contributed by atoms with Gasteiger partial charge in [-0.15, -0.1) is 0 Å². The molecule has 0 amide bonds. The predicted octanol–water partition coefficient (Wildman–Crippen LogP) is -2.12. The highest BCUT2D eigenvalue weighted by atomic mass is 32.2. The molecule has 13 heavy (non-hydrogen) atoms. The molecule has 0 aromatic rings. The summed E-state index contributed by atoms with van der Waals surface area (Å²) in [5.74, 6) is -1.49. The van der Waals surface area contributed by atoms with Crippen LogP contribution >= 0.6 is 0 Å². The Morgan fingerprint density at radius 3 is 2.31 bits per heavy atom. The first-order chi connectivity index (χ1) is 5.71. The molecule has 78 valence electrons. The number of aliphatic carboxylic acids is 1. The summed E-state index contributed by atoms with van der Waals surface area (Å²) in [5.41, 5.74) is -2.11. The molecule has 0 bridgehead atoms. The van der Waals surface area contributed by atoms with Gasteiger partial charge in [0.1, 0.15) is 0 Å². The fourth-order valence-corrected chi connectivity index (χ4v) is 0.999. The smallest absolute Gasteiger partial charge is 0.336 e. The molecule has 1 atom stereocenters. The van der Waals surface area contributed by atoms with Crippen LogP contribution in [0.2, 0.25) is 0 Å². The number of nitrogens with one attached hydrogen (secondary N) is 2. The summed E-state index contributed by atoms with van der Waals surface area (Å²) in [7, 11) is -2.55. The third-order valence-corrected chi connectivity index (χ3v) is 2.40. The number of hydrogen-bond donors (Lipinski definition) is 4. The zero-order valence-electron chi connectivity index (χ0n) is 7.23. The maximum absolute atomic E-state index is 10.7. The molecule has 7 nitrogen and oxygen atoms in total. The molecule has 0 aliphatic carbocycles. The van der Waals surface area contributed by atoms with Crippen molar-refractivity contribution in [1.82, 2.24) is 9.44 Å². The number of carboxylic acid groups (broad SMARTS) is 1. The molecule has 0 aliphatic rings. The number of aliphatic hydroxyl groups is 1. The molecule has 0 saturated heterocycles. The van der Waals surface area contributed by atoms with Crippen molar-refractivity contribution >= 4 is 16.2 Å². The van der Waals surface area contributed by atoms with E-state index in [-0.39, 0.29) is 0 Å². The normalized spacial score (nSPS) is 16.5. The van der Waals surface area contributed by atoms with E-state index in [2.05, 4.69) is 0 Å². The molecular formula is C5H12N2O5S. The van der Waals surface area contributed by atoms with Gasteiger partial charge >= 0.3 is 5.97 Å².